The number of hydrogen-bond acceptors (Lipinski definition) is 3. The van der Waals surface area contributed by atoms with E-state index >= 15 is 0 Å². The van der Waals surface area contributed by atoms with Crippen molar-refractivity contribution in [2.45, 2.75) is 6.92 Å². The lowest BCUT2D eigenvalue weighted by Gasteiger charge is -2.15. The Kier molecular flexibility index (Phi) is 5.16. The van der Waals surface area contributed by atoms with Crippen LogP contribution in [0.25, 0.3) is 0 Å². The van der Waals surface area contributed by atoms with Gasteiger partial charge in [-0.25, -0.2) is 4.39 Å². The summed E-state index contributed by atoms with van der Waals surface area (Å²) in [6.45, 7) is 1.87. The van der Waals surface area contributed by atoms with E-state index in [1.807, 2.05) is 6.92 Å². The summed E-state index contributed by atoms with van der Waals surface area (Å²) in [7, 11) is 3.15. The second kappa shape index (κ2) is 7.09. The van der Waals surface area contributed by atoms with E-state index in [1.54, 1.807) is 38.5 Å². The summed E-state index contributed by atoms with van der Waals surface area (Å²) in [5.74, 6) is 0.976. The molecule has 4 nitrogen and oxygen atoms in total. The quantitative estimate of drug-likeness (QED) is 0.835. The summed E-state index contributed by atoms with van der Waals surface area (Å²) in [6, 6.07) is 9.82. The smallest absolute Gasteiger partial charge is 0.175 e. The monoisotopic (exact) mass is 320 g/mol. The highest BCUT2D eigenvalue weighted by atomic mass is 32.1. The summed E-state index contributed by atoms with van der Waals surface area (Å²) >= 11 is 5.27. The zero-order valence-corrected chi connectivity index (χ0v) is 13.4. The van der Waals surface area contributed by atoms with Crippen LogP contribution >= 0.6 is 12.2 Å². The molecule has 0 saturated heterocycles. The number of aryl methyl sites for hydroxylation is 1. The van der Waals surface area contributed by atoms with Gasteiger partial charge < -0.3 is 20.1 Å². The van der Waals surface area contributed by atoms with Crippen molar-refractivity contribution in [3.63, 3.8) is 0 Å². The summed E-state index contributed by atoms with van der Waals surface area (Å²) in [4.78, 5) is 0. The minimum atomic E-state index is -0.324. The lowest BCUT2D eigenvalue weighted by molar-refractivity contribution is 0.405. The van der Waals surface area contributed by atoms with E-state index in [9.17, 15) is 4.39 Å². The summed E-state index contributed by atoms with van der Waals surface area (Å²) in [5, 5.41) is 6.33. The zero-order chi connectivity index (χ0) is 16.1. The molecule has 0 aliphatic rings. The van der Waals surface area contributed by atoms with Gasteiger partial charge in [0.25, 0.3) is 0 Å². The maximum absolute atomic E-state index is 13.3. The van der Waals surface area contributed by atoms with Crippen molar-refractivity contribution in [2.24, 2.45) is 0 Å². The molecule has 0 radical (unpaired) electrons. The Labute approximate surface area is 134 Å². The molecule has 22 heavy (non-hydrogen) atoms. The van der Waals surface area contributed by atoms with Gasteiger partial charge in [-0.15, -0.1) is 0 Å². The molecule has 2 aromatic carbocycles. The van der Waals surface area contributed by atoms with Crippen molar-refractivity contribution < 1.29 is 13.9 Å². The van der Waals surface area contributed by atoms with Gasteiger partial charge in [0.1, 0.15) is 17.3 Å². The highest BCUT2D eigenvalue weighted by Crippen LogP contribution is 2.29. The van der Waals surface area contributed by atoms with Gasteiger partial charge in [0.05, 0.1) is 19.9 Å². The molecule has 0 bridgehead atoms. The van der Waals surface area contributed by atoms with Crippen LogP contribution in [0.3, 0.4) is 0 Å². The standard InChI is InChI=1S/C16H17FN2O2S/c1-10-4-5-11(17)8-13(10)18-16(22)19-14-9-12(20-2)6-7-15(14)21-3/h4-9H,1-3H3,(H2,18,19,22). The van der Waals surface area contributed by atoms with Crippen LogP contribution in [0, 0.1) is 12.7 Å². The number of hydrogen-bond donors (Lipinski definition) is 2. The molecule has 0 fully saturated rings. The fourth-order valence-electron chi connectivity index (χ4n) is 1.92. The molecule has 2 aromatic rings. The molecule has 0 spiro atoms. The highest BCUT2D eigenvalue weighted by molar-refractivity contribution is 7.80. The highest BCUT2D eigenvalue weighted by Gasteiger charge is 2.08. The number of nitrogens with one attached hydrogen (secondary N) is 2. The third kappa shape index (κ3) is 3.85. The van der Waals surface area contributed by atoms with Crippen molar-refractivity contribution in [1.29, 1.82) is 0 Å². The predicted molar refractivity (Wildman–Crippen MR) is 90.5 cm³/mol. The van der Waals surface area contributed by atoms with Crippen LogP contribution in [0.1, 0.15) is 5.56 Å². The third-order valence-corrected chi connectivity index (χ3v) is 3.31. The minimum absolute atomic E-state index is 0.324. The topological polar surface area (TPSA) is 42.5 Å². The van der Waals surface area contributed by atoms with E-state index in [0.29, 0.717) is 28.0 Å². The molecule has 0 unspecified atom stereocenters. The number of halogens is 1. The average Bonchev–Trinajstić information content (AvgIpc) is 2.50. The predicted octanol–water partition coefficient (Wildman–Crippen LogP) is 3.96. The minimum Gasteiger partial charge on any atom is -0.497 e. The Hall–Kier alpha value is -2.34. The summed E-state index contributed by atoms with van der Waals surface area (Å²) in [6.07, 6.45) is 0. The zero-order valence-electron chi connectivity index (χ0n) is 12.6. The molecule has 2 rings (SSSR count). The fourth-order valence-corrected chi connectivity index (χ4v) is 2.14. The van der Waals surface area contributed by atoms with Crippen LogP contribution < -0.4 is 20.1 Å². The van der Waals surface area contributed by atoms with Crippen LogP contribution in [0.5, 0.6) is 11.5 Å². The van der Waals surface area contributed by atoms with Gasteiger partial charge in [-0.1, -0.05) is 6.07 Å². The van der Waals surface area contributed by atoms with Gasteiger partial charge in [0.2, 0.25) is 0 Å². The van der Waals surface area contributed by atoms with Gasteiger partial charge in [0, 0.05) is 11.8 Å². The molecule has 0 saturated carbocycles. The molecule has 0 aromatic heterocycles. The van der Waals surface area contributed by atoms with Crippen molar-refractivity contribution in [2.75, 3.05) is 24.9 Å². The third-order valence-electron chi connectivity index (χ3n) is 3.10. The van der Waals surface area contributed by atoms with Crippen LogP contribution in [0.2, 0.25) is 0 Å². The van der Waals surface area contributed by atoms with Gasteiger partial charge in [-0.05, 0) is 49.0 Å². The Balaban J connectivity index is 2.16. The fraction of sp³-hybridized carbons (Fsp3) is 0.188. The Morgan fingerprint density at radius 3 is 2.41 bits per heavy atom. The molecule has 6 heteroatoms. The molecule has 0 aliphatic heterocycles. The van der Waals surface area contributed by atoms with E-state index in [4.69, 9.17) is 21.7 Å². The first-order chi connectivity index (χ1) is 10.5. The van der Waals surface area contributed by atoms with Gasteiger partial charge in [-0.2, -0.15) is 0 Å². The van der Waals surface area contributed by atoms with Crippen molar-refractivity contribution in [3.8, 4) is 11.5 Å². The molecular formula is C16H17FN2O2S. The van der Waals surface area contributed by atoms with Crippen molar-refractivity contribution in [3.05, 3.63) is 47.8 Å². The van der Waals surface area contributed by atoms with Gasteiger partial charge >= 0.3 is 0 Å². The number of rotatable bonds is 4. The maximum Gasteiger partial charge on any atom is 0.175 e. The first-order valence-corrected chi connectivity index (χ1v) is 7.00. The second-order valence-electron chi connectivity index (χ2n) is 4.60. The molecule has 0 aliphatic carbocycles. The van der Waals surface area contributed by atoms with Crippen LogP contribution in [-0.4, -0.2) is 19.3 Å². The molecular weight excluding hydrogens is 303 g/mol. The molecule has 0 atom stereocenters. The van der Waals surface area contributed by atoms with Crippen molar-refractivity contribution >= 4 is 28.7 Å². The maximum atomic E-state index is 13.3. The second-order valence-corrected chi connectivity index (χ2v) is 5.01. The molecule has 0 amide bonds. The summed E-state index contributed by atoms with van der Waals surface area (Å²) in [5.41, 5.74) is 2.16. The number of benzene rings is 2. The van der Waals surface area contributed by atoms with Gasteiger partial charge in [0.15, 0.2) is 5.11 Å². The lowest BCUT2D eigenvalue weighted by Crippen LogP contribution is -2.20. The van der Waals surface area contributed by atoms with E-state index in [-0.39, 0.29) is 5.82 Å². The average molecular weight is 320 g/mol. The van der Waals surface area contributed by atoms with E-state index in [2.05, 4.69) is 10.6 Å². The Morgan fingerprint density at radius 1 is 1.00 bits per heavy atom. The van der Waals surface area contributed by atoms with Crippen LogP contribution in [-0.2, 0) is 0 Å². The first-order valence-electron chi connectivity index (χ1n) is 6.59. The Morgan fingerprint density at radius 2 is 1.73 bits per heavy atom. The number of thiocarbonyl (C=S) groups is 1. The first kappa shape index (κ1) is 16.0. The molecule has 116 valence electrons. The number of methoxy groups -OCH3 is 2. The summed E-state index contributed by atoms with van der Waals surface area (Å²) < 4.78 is 23.8. The molecule has 2 N–H and O–H groups in total. The largest absolute Gasteiger partial charge is 0.497 e. The van der Waals surface area contributed by atoms with E-state index in [0.717, 1.165) is 5.56 Å². The molecule has 0 heterocycles. The van der Waals surface area contributed by atoms with Crippen molar-refractivity contribution in [1.82, 2.24) is 0 Å². The SMILES string of the molecule is COc1ccc(OC)c(NC(=S)Nc2cc(F)ccc2C)c1. The Bertz CT molecular complexity index is 692. The van der Waals surface area contributed by atoms with E-state index in [1.165, 1.54) is 12.1 Å². The van der Waals surface area contributed by atoms with Crippen LogP contribution in [0.15, 0.2) is 36.4 Å². The lowest BCUT2D eigenvalue weighted by atomic mass is 10.2. The number of ether oxygens (including phenoxy) is 2. The van der Waals surface area contributed by atoms with Gasteiger partial charge in [-0.3, -0.25) is 0 Å². The normalized spacial score (nSPS) is 10.0. The number of anilines is 2. The van der Waals surface area contributed by atoms with E-state index < -0.39 is 0 Å². The van der Waals surface area contributed by atoms with Crippen LogP contribution in [0.4, 0.5) is 15.8 Å².